The molecular weight excluding hydrogens is 700 g/mol. The summed E-state index contributed by atoms with van der Waals surface area (Å²) < 4.78 is 50.8. The van der Waals surface area contributed by atoms with E-state index < -0.39 is 60.3 Å². The van der Waals surface area contributed by atoms with Crippen LogP contribution in [0, 0.1) is 5.41 Å². The Hall–Kier alpha value is -4.42. The van der Waals surface area contributed by atoms with Crippen LogP contribution in [0.2, 0.25) is 0 Å². The molecule has 55 heavy (non-hydrogen) atoms. The van der Waals surface area contributed by atoms with Gasteiger partial charge >= 0.3 is 11.9 Å². The number of esters is 2. The molecule has 0 N–H and O–H groups in total. The monoisotopic (exact) mass is 752 g/mol. The van der Waals surface area contributed by atoms with Gasteiger partial charge in [-0.3, -0.25) is 9.59 Å². The van der Waals surface area contributed by atoms with E-state index in [0.29, 0.717) is 26.2 Å². The molecule has 7 atom stereocenters. The maximum Gasteiger partial charge on any atom is 0.311 e. The van der Waals surface area contributed by atoms with Crippen molar-refractivity contribution in [1.29, 1.82) is 0 Å². The van der Waals surface area contributed by atoms with E-state index in [0.717, 1.165) is 22.3 Å². The number of rotatable bonds is 17. The van der Waals surface area contributed by atoms with Gasteiger partial charge in [0.15, 0.2) is 12.4 Å². The van der Waals surface area contributed by atoms with Crippen LogP contribution in [0.4, 0.5) is 0 Å². The van der Waals surface area contributed by atoms with Crippen molar-refractivity contribution in [2.45, 2.75) is 103 Å². The van der Waals surface area contributed by atoms with E-state index in [1.807, 2.05) is 121 Å². The van der Waals surface area contributed by atoms with Crippen molar-refractivity contribution in [3.63, 3.8) is 0 Å². The molecule has 4 aromatic rings. The molecule has 0 aliphatic carbocycles. The van der Waals surface area contributed by atoms with E-state index in [1.165, 1.54) is 0 Å². The highest BCUT2D eigenvalue weighted by Crippen LogP contribution is 2.32. The van der Waals surface area contributed by atoms with Gasteiger partial charge < -0.3 is 37.9 Å². The van der Waals surface area contributed by atoms with Gasteiger partial charge in [0.1, 0.15) is 31.0 Å². The van der Waals surface area contributed by atoms with Crippen molar-refractivity contribution in [3.8, 4) is 0 Å². The van der Waals surface area contributed by atoms with Crippen LogP contribution < -0.4 is 0 Å². The van der Waals surface area contributed by atoms with Crippen LogP contribution >= 0.6 is 0 Å². The lowest BCUT2D eigenvalue weighted by Crippen LogP contribution is -2.56. The molecule has 0 unspecified atom stereocenters. The number of carbonyl (C=O) groups excluding carboxylic acids is 2. The summed E-state index contributed by atoms with van der Waals surface area (Å²) in [7, 11) is 0. The topological polar surface area (TPSA) is 108 Å². The molecule has 0 amide bonds. The number of carbonyl (C=O) groups is 2. The summed E-state index contributed by atoms with van der Waals surface area (Å²) in [5, 5.41) is 0. The Balaban J connectivity index is 1.24. The Kier molecular flexibility index (Phi) is 14.6. The first-order valence-corrected chi connectivity index (χ1v) is 19.0. The first kappa shape index (κ1) is 40.2. The third-order valence-electron chi connectivity index (χ3n) is 9.46. The van der Waals surface area contributed by atoms with Crippen LogP contribution in [-0.2, 0) is 73.9 Å². The summed E-state index contributed by atoms with van der Waals surface area (Å²) in [5.74, 6) is -0.900. The molecule has 0 aromatic heterocycles. The van der Waals surface area contributed by atoms with Crippen molar-refractivity contribution in [2.75, 3.05) is 13.2 Å². The van der Waals surface area contributed by atoms with Gasteiger partial charge in [0, 0.05) is 6.42 Å². The van der Waals surface area contributed by atoms with Gasteiger partial charge in [0.2, 0.25) is 0 Å². The smallest absolute Gasteiger partial charge is 0.311 e. The summed E-state index contributed by atoms with van der Waals surface area (Å²) in [5.41, 5.74) is 3.25. The summed E-state index contributed by atoms with van der Waals surface area (Å²) in [6.45, 7) is 6.63. The van der Waals surface area contributed by atoms with Crippen LogP contribution in [0.1, 0.15) is 55.9 Å². The molecule has 6 rings (SSSR count). The Bertz CT molecular complexity index is 1730. The standard InChI is InChI=1S/C45H52O10/c1-45(2,3)44(47)52-31-39-43(51-29-35-22-14-7-15-23-35)37(24-40(46)53-39)54-41-25-36(49-27-33-18-10-5-11-19-33)42(50-28-34-20-12-6-13-21-34)38(55-41)30-48-26-32-16-8-4-9-17-32/h4-23,36-39,41-43H,24-31H2,1-3H3/t36-,37-,38-,39-,41+,42+,43+/m1/s1. The molecule has 2 heterocycles. The molecule has 0 radical (unpaired) electrons. The molecule has 2 aliphatic rings. The molecule has 2 aliphatic heterocycles. The van der Waals surface area contributed by atoms with Gasteiger partial charge in [-0.2, -0.15) is 0 Å². The molecule has 0 spiro atoms. The molecule has 292 valence electrons. The van der Waals surface area contributed by atoms with Crippen LogP contribution in [-0.4, -0.2) is 68.1 Å². The van der Waals surface area contributed by atoms with Gasteiger partial charge in [-0.15, -0.1) is 0 Å². The van der Waals surface area contributed by atoms with E-state index in [-0.39, 0.29) is 26.2 Å². The maximum absolute atomic E-state index is 13.1. The summed E-state index contributed by atoms with van der Waals surface area (Å²) in [4.78, 5) is 25.9. The average molecular weight is 753 g/mol. The third-order valence-corrected chi connectivity index (χ3v) is 9.46. The molecule has 2 saturated heterocycles. The molecule has 0 bridgehead atoms. The van der Waals surface area contributed by atoms with E-state index >= 15 is 0 Å². The van der Waals surface area contributed by atoms with Crippen LogP contribution in [0.25, 0.3) is 0 Å². The molecule has 10 nitrogen and oxygen atoms in total. The lowest BCUT2D eigenvalue weighted by molar-refractivity contribution is -0.304. The number of benzene rings is 4. The minimum atomic E-state index is -0.901. The second kappa shape index (κ2) is 20.0. The fraction of sp³-hybridized carbons (Fsp3) is 0.422. The largest absolute Gasteiger partial charge is 0.461 e. The predicted octanol–water partition coefficient (Wildman–Crippen LogP) is 7.36. The molecule has 0 saturated carbocycles. The zero-order valence-electron chi connectivity index (χ0n) is 31.8. The Morgan fingerprint density at radius 1 is 0.618 bits per heavy atom. The van der Waals surface area contributed by atoms with Crippen molar-refractivity contribution >= 4 is 11.9 Å². The predicted molar refractivity (Wildman–Crippen MR) is 204 cm³/mol. The van der Waals surface area contributed by atoms with Crippen molar-refractivity contribution in [1.82, 2.24) is 0 Å². The number of hydrogen-bond donors (Lipinski definition) is 0. The lowest BCUT2D eigenvalue weighted by Gasteiger charge is -2.44. The lowest BCUT2D eigenvalue weighted by atomic mass is 9.97. The zero-order valence-corrected chi connectivity index (χ0v) is 31.8. The van der Waals surface area contributed by atoms with E-state index in [1.54, 1.807) is 20.8 Å². The van der Waals surface area contributed by atoms with E-state index in [2.05, 4.69) is 0 Å². The second-order valence-corrected chi connectivity index (χ2v) is 15.0. The minimum Gasteiger partial charge on any atom is -0.461 e. The summed E-state index contributed by atoms with van der Waals surface area (Å²) in [6.07, 6.45) is -4.60. The first-order valence-electron chi connectivity index (χ1n) is 19.0. The quantitative estimate of drug-likeness (QED) is 0.102. The van der Waals surface area contributed by atoms with Crippen LogP contribution in [0.5, 0.6) is 0 Å². The van der Waals surface area contributed by atoms with Gasteiger partial charge in [-0.1, -0.05) is 121 Å². The minimum absolute atomic E-state index is 0.0817. The Morgan fingerprint density at radius 3 is 1.60 bits per heavy atom. The zero-order chi connectivity index (χ0) is 38.5. The van der Waals surface area contributed by atoms with Crippen LogP contribution in [0.3, 0.4) is 0 Å². The van der Waals surface area contributed by atoms with Gasteiger partial charge in [0.05, 0.1) is 51.0 Å². The third kappa shape index (κ3) is 12.3. The SMILES string of the molecule is CC(C)(C)C(=O)OC[C@H]1OC(=O)C[C@@H](O[C@@H]2C[C@@H](OCc3ccccc3)[C@H](OCc3ccccc3)[C@@H](COCc3ccccc3)O2)[C@@H]1OCc1ccccc1. The van der Waals surface area contributed by atoms with Crippen molar-refractivity contribution in [3.05, 3.63) is 144 Å². The first-order chi connectivity index (χ1) is 26.7. The highest BCUT2D eigenvalue weighted by molar-refractivity contribution is 5.75. The molecular formula is C45H52O10. The maximum atomic E-state index is 13.1. The van der Waals surface area contributed by atoms with Crippen molar-refractivity contribution in [2.24, 2.45) is 5.41 Å². The highest BCUT2D eigenvalue weighted by atomic mass is 16.7. The van der Waals surface area contributed by atoms with Gasteiger partial charge in [0.25, 0.3) is 0 Å². The Labute approximate surface area is 323 Å². The fourth-order valence-corrected chi connectivity index (χ4v) is 6.51. The summed E-state index contributed by atoms with van der Waals surface area (Å²) >= 11 is 0. The van der Waals surface area contributed by atoms with Gasteiger partial charge in [-0.05, 0) is 43.0 Å². The molecule has 10 heteroatoms. The van der Waals surface area contributed by atoms with E-state index in [4.69, 9.17) is 37.9 Å². The van der Waals surface area contributed by atoms with Crippen molar-refractivity contribution < 1.29 is 47.5 Å². The number of ether oxygens (including phenoxy) is 8. The number of cyclic esters (lactones) is 1. The average Bonchev–Trinajstić information content (AvgIpc) is 3.19. The second-order valence-electron chi connectivity index (χ2n) is 15.0. The summed E-state index contributed by atoms with van der Waals surface area (Å²) in [6, 6.07) is 39.5. The number of hydrogen-bond acceptors (Lipinski definition) is 10. The van der Waals surface area contributed by atoms with E-state index in [9.17, 15) is 9.59 Å². The fourth-order valence-electron chi connectivity index (χ4n) is 6.51. The molecule has 4 aromatic carbocycles. The van der Waals surface area contributed by atoms with Crippen LogP contribution in [0.15, 0.2) is 121 Å². The normalized spacial score (nSPS) is 24.2. The molecule has 2 fully saturated rings. The Morgan fingerprint density at radius 2 is 1.09 bits per heavy atom. The highest BCUT2D eigenvalue weighted by Gasteiger charge is 2.46. The van der Waals surface area contributed by atoms with Gasteiger partial charge in [-0.25, -0.2) is 0 Å².